The van der Waals surface area contributed by atoms with E-state index in [1.165, 1.54) is 37.3 Å². The third-order valence-corrected chi connectivity index (χ3v) is 4.78. The standard InChI is InChI=1S/C18H22N2O3/c1-23-18(22)16(11-13-7-3-2-4-8-13)20-12-19-15-10-6-5-9-14(15)17(20)21/h5-6,9-10,12-13,16H,2-4,7-8,11H2,1H3/t16-/m0/s1. The van der Waals surface area contributed by atoms with Gasteiger partial charge in [0.15, 0.2) is 0 Å². The van der Waals surface area contributed by atoms with E-state index in [0.29, 0.717) is 23.2 Å². The highest BCUT2D eigenvalue weighted by molar-refractivity contribution is 5.78. The van der Waals surface area contributed by atoms with E-state index < -0.39 is 6.04 Å². The minimum absolute atomic E-state index is 0.179. The van der Waals surface area contributed by atoms with Crippen LogP contribution < -0.4 is 5.56 Å². The van der Waals surface area contributed by atoms with Crippen LogP contribution in [-0.4, -0.2) is 22.6 Å². The zero-order valence-corrected chi connectivity index (χ0v) is 13.4. The van der Waals surface area contributed by atoms with Crippen molar-refractivity contribution < 1.29 is 9.53 Å². The third kappa shape index (κ3) is 3.28. The molecule has 0 N–H and O–H groups in total. The molecule has 1 heterocycles. The molecule has 1 aliphatic carbocycles. The molecule has 1 fully saturated rings. The summed E-state index contributed by atoms with van der Waals surface area (Å²) in [7, 11) is 1.37. The van der Waals surface area contributed by atoms with Gasteiger partial charge in [-0.3, -0.25) is 9.36 Å². The molecular weight excluding hydrogens is 292 g/mol. The molecule has 0 amide bonds. The smallest absolute Gasteiger partial charge is 0.329 e. The van der Waals surface area contributed by atoms with Crippen LogP contribution in [0.1, 0.15) is 44.6 Å². The highest BCUT2D eigenvalue weighted by atomic mass is 16.5. The summed E-state index contributed by atoms with van der Waals surface area (Å²) >= 11 is 0. The first-order chi connectivity index (χ1) is 11.2. The highest BCUT2D eigenvalue weighted by Crippen LogP contribution is 2.31. The van der Waals surface area contributed by atoms with Crippen LogP contribution in [0.4, 0.5) is 0 Å². The van der Waals surface area contributed by atoms with Crippen molar-refractivity contribution >= 4 is 16.9 Å². The van der Waals surface area contributed by atoms with Gasteiger partial charge in [0.2, 0.25) is 0 Å². The topological polar surface area (TPSA) is 61.2 Å². The molecule has 5 heteroatoms. The Kier molecular flexibility index (Phi) is 4.74. The van der Waals surface area contributed by atoms with Crippen LogP contribution in [0.15, 0.2) is 35.4 Å². The Labute approximate surface area is 135 Å². The number of methoxy groups -OCH3 is 1. The molecular formula is C18H22N2O3. The Balaban J connectivity index is 1.97. The molecule has 0 spiro atoms. The fourth-order valence-electron chi connectivity index (χ4n) is 3.50. The summed E-state index contributed by atoms with van der Waals surface area (Å²) in [6.45, 7) is 0. The molecule has 1 aliphatic rings. The molecule has 23 heavy (non-hydrogen) atoms. The number of esters is 1. The number of para-hydroxylation sites is 1. The second kappa shape index (κ2) is 6.94. The Morgan fingerprint density at radius 2 is 2.04 bits per heavy atom. The van der Waals surface area contributed by atoms with Gasteiger partial charge in [0.05, 0.1) is 24.3 Å². The van der Waals surface area contributed by atoms with Crippen molar-refractivity contribution in [3.05, 3.63) is 40.9 Å². The van der Waals surface area contributed by atoms with Crippen molar-refractivity contribution in [1.29, 1.82) is 0 Å². The Bertz CT molecular complexity index is 747. The SMILES string of the molecule is COC(=O)[C@H](CC1CCCCC1)n1cnc2ccccc2c1=O. The minimum atomic E-state index is -0.590. The number of hydrogen-bond donors (Lipinski definition) is 0. The van der Waals surface area contributed by atoms with Gasteiger partial charge in [0.1, 0.15) is 6.04 Å². The van der Waals surface area contributed by atoms with Crippen molar-refractivity contribution in [2.75, 3.05) is 7.11 Å². The predicted octanol–water partition coefficient (Wildman–Crippen LogP) is 3.08. The van der Waals surface area contributed by atoms with Gasteiger partial charge in [-0.1, -0.05) is 44.2 Å². The maximum atomic E-state index is 12.7. The number of ether oxygens (including phenoxy) is 1. The molecule has 1 saturated carbocycles. The number of carbonyl (C=O) groups excluding carboxylic acids is 1. The molecule has 122 valence electrons. The summed E-state index contributed by atoms with van der Waals surface area (Å²) in [4.78, 5) is 29.3. The van der Waals surface area contributed by atoms with Gasteiger partial charge in [-0.2, -0.15) is 0 Å². The van der Waals surface area contributed by atoms with Crippen molar-refractivity contribution in [2.45, 2.75) is 44.6 Å². The van der Waals surface area contributed by atoms with Crippen molar-refractivity contribution in [3.63, 3.8) is 0 Å². The Morgan fingerprint density at radius 1 is 1.30 bits per heavy atom. The normalized spacial score (nSPS) is 17.1. The van der Waals surface area contributed by atoms with E-state index in [2.05, 4.69) is 4.98 Å². The summed E-state index contributed by atoms with van der Waals surface area (Å²) in [5.41, 5.74) is 0.469. The van der Waals surface area contributed by atoms with Crippen molar-refractivity contribution in [3.8, 4) is 0 Å². The lowest BCUT2D eigenvalue weighted by Crippen LogP contribution is -2.32. The number of fused-ring (bicyclic) bond motifs is 1. The van der Waals surface area contributed by atoms with E-state index in [1.54, 1.807) is 12.1 Å². The molecule has 2 aromatic rings. The van der Waals surface area contributed by atoms with E-state index in [-0.39, 0.29) is 11.5 Å². The maximum Gasteiger partial charge on any atom is 0.329 e. The van der Waals surface area contributed by atoms with Gasteiger partial charge in [0.25, 0.3) is 5.56 Å². The quantitative estimate of drug-likeness (QED) is 0.814. The van der Waals surface area contributed by atoms with E-state index >= 15 is 0 Å². The van der Waals surface area contributed by atoms with Gasteiger partial charge < -0.3 is 4.74 Å². The zero-order valence-electron chi connectivity index (χ0n) is 13.4. The molecule has 0 radical (unpaired) electrons. The van der Waals surface area contributed by atoms with Crippen LogP contribution in [0, 0.1) is 5.92 Å². The first kappa shape index (κ1) is 15.7. The monoisotopic (exact) mass is 314 g/mol. The Hall–Kier alpha value is -2.17. The van der Waals surface area contributed by atoms with Crippen molar-refractivity contribution in [1.82, 2.24) is 9.55 Å². The molecule has 1 aromatic heterocycles. The summed E-state index contributed by atoms with van der Waals surface area (Å²) < 4.78 is 6.40. The minimum Gasteiger partial charge on any atom is -0.467 e. The van der Waals surface area contributed by atoms with E-state index in [9.17, 15) is 9.59 Å². The zero-order chi connectivity index (χ0) is 16.2. The van der Waals surface area contributed by atoms with Gasteiger partial charge >= 0.3 is 5.97 Å². The van der Waals surface area contributed by atoms with Crippen LogP contribution in [0.2, 0.25) is 0 Å². The number of carbonyl (C=O) groups is 1. The van der Waals surface area contributed by atoms with Crippen LogP contribution in [-0.2, 0) is 9.53 Å². The maximum absolute atomic E-state index is 12.7. The Morgan fingerprint density at radius 3 is 2.78 bits per heavy atom. The molecule has 1 atom stereocenters. The second-order valence-corrected chi connectivity index (χ2v) is 6.25. The first-order valence-corrected chi connectivity index (χ1v) is 8.24. The number of hydrogen-bond acceptors (Lipinski definition) is 4. The molecule has 5 nitrogen and oxygen atoms in total. The largest absolute Gasteiger partial charge is 0.467 e. The average Bonchev–Trinajstić information content (AvgIpc) is 2.61. The lowest BCUT2D eigenvalue weighted by molar-refractivity contribution is -0.145. The molecule has 0 aliphatic heterocycles. The van der Waals surface area contributed by atoms with Crippen LogP contribution in [0.5, 0.6) is 0 Å². The van der Waals surface area contributed by atoms with Crippen LogP contribution >= 0.6 is 0 Å². The molecule has 0 unspecified atom stereocenters. The summed E-state index contributed by atoms with van der Waals surface area (Å²) in [5, 5.41) is 0.535. The van der Waals surface area contributed by atoms with Gasteiger partial charge in [-0.05, 0) is 24.5 Å². The molecule has 3 rings (SSSR count). The number of rotatable bonds is 4. The van der Waals surface area contributed by atoms with Gasteiger partial charge in [-0.25, -0.2) is 9.78 Å². The number of nitrogens with zero attached hydrogens (tertiary/aromatic N) is 2. The lowest BCUT2D eigenvalue weighted by atomic mass is 9.84. The van der Waals surface area contributed by atoms with Crippen LogP contribution in [0.3, 0.4) is 0 Å². The molecule has 0 saturated heterocycles. The summed E-state index contributed by atoms with van der Waals surface area (Å²) in [5.74, 6) is 0.0981. The fourth-order valence-corrected chi connectivity index (χ4v) is 3.50. The van der Waals surface area contributed by atoms with E-state index in [1.807, 2.05) is 12.1 Å². The van der Waals surface area contributed by atoms with E-state index in [4.69, 9.17) is 4.74 Å². The third-order valence-electron chi connectivity index (χ3n) is 4.78. The predicted molar refractivity (Wildman–Crippen MR) is 88.2 cm³/mol. The number of benzene rings is 1. The number of aromatic nitrogens is 2. The van der Waals surface area contributed by atoms with Crippen molar-refractivity contribution in [2.24, 2.45) is 5.92 Å². The lowest BCUT2D eigenvalue weighted by Gasteiger charge is -2.26. The van der Waals surface area contributed by atoms with Gasteiger partial charge in [0, 0.05) is 0 Å². The highest BCUT2D eigenvalue weighted by Gasteiger charge is 2.27. The molecule has 1 aromatic carbocycles. The average molecular weight is 314 g/mol. The van der Waals surface area contributed by atoms with Gasteiger partial charge in [-0.15, -0.1) is 0 Å². The summed E-state index contributed by atoms with van der Waals surface area (Å²) in [6.07, 6.45) is 8.01. The first-order valence-electron chi connectivity index (χ1n) is 8.24. The summed E-state index contributed by atoms with van der Waals surface area (Å²) in [6, 6.07) is 6.61. The second-order valence-electron chi connectivity index (χ2n) is 6.25. The fraction of sp³-hybridized carbons (Fsp3) is 0.500. The molecule has 0 bridgehead atoms. The van der Waals surface area contributed by atoms with E-state index in [0.717, 1.165) is 12.8 Å². The van der Waals surface area contributed by atoms with Crippen LogP contribution in [0.25, 0.3) is 10.9 Å².